The number of nitrogens with zero attached hydrogens (tertiary/aromatic N) is 4. The molecule has 0 aliphatic heterocycles. The van der Waals surface area contributed by atoms with E-state index in [4.69, 9.17) is 0 Å². The van der Waals surface area contributed by atoms with E-state index in [2.05, 4.69) is 25.3 Å². The number of carbonyl (C=O) groups excluding carboxylic acids is 1. The van der Waals surface area contributed by atoms with E-state index in [1.54, 1.807) is 18.5 Å². The number of aromatic nitrogens is 4. The summed E-state index contributed by atoms with van der Waals surface area (Å²) in [5.74, 6) is 0.492. The number of amides is 1. The first-order chi connectivity index (χ1) is 11.2. The molecule has 118 valence electrons. The summed E-state index contributed by atoms with van der Waals surface area (Å²) in [4.78, 5) is 30.1. The summed E-state index contributed by atoms with van der Waals surface area (Å²) in [5, 5.41) is 6.52. The minimum Gasteiger partial charge on any atom is -0.346 e. The molecule has 0 unspecified atom stereocenters. The molecule has 0 aliphatic rings. The molecule has 3 heterocycles. The highest BCUT2D eigenvalue weighted by molar-refractivity contribution is 7.14. The maximum Gasteiger partial charge on any atom is 0.263 e. The maximum atomic E-state index is 12.3. The Kier molecular flexibility index (Phi) is 4.73. The van der Waals surface area contributed by atoms with Crippen molar-refractivity contribution in [1.82, 2.24) is 25.3 Å². The van der Waals surface area contributed by atoms with Gasteiger partial charge in [0.25, 0.3) is 5.91 Å². The van der Waals surface area contributed by atoms with Crippen molar-refractivity contribution >= 4 is 28.6 Å². The average Bonchev–Trinajstić information content (AvgIpc) is 3.20. The third-order valence-electron chi connectivity index (χ3n) is 3.09. The minimum atomic E-state index is -0.106. The number of aryl methyl sites for hydroxylation is 2. The van der Waals surface area contributed by atoms with Gasteiger partial charge in [0, 0.05) is 17.8 Å². The zero-order valence-electron chi connectivity index (χ0n) is 12.7. The SMILES string of the molecule is CCc1nc(C)c(C(=O)NCc2csc(-c3ncccn3)n2)s1. The van der Waals surface area contributed by atoms with Crippen LogP contribution in [-0.2, 0) is 13.0 Å². The smallest absolute Gasteiger partial charge is 0.263 e. The van der Waals surface area contributed by atoms with Gasteiger partial charge in [-0.05, 0) is 19.4 Å². The van der Waals surface area contributed by atoms with Crippen LogP contribution in [0.25, 0.3) is 10.8 Å². The first kappa shape index (κ1) is 15.7. The zero-order chi connectivity index (χ0) is 16.2. The molecular formula is C15H15N5OS2. The van der Waals surface area contributed by atoms with Crippen LogP contribution in [0.2, 0.25) is 0 Å². The quantitative estimate of drug-likeness (QED) is 0.769. The number of carbonyl (C=O) groups is 1. The van der Waals surface area contributed by atoms with E-state index in [1.807, 2.05) is 19.2 Å². The predicted molar refractivity (Wildman–Crippen MR) is 90.5 cm³/mol. The van der Waals surface area contributed by atoms with Crippen molar-refractivity contribution in [2.24, 2.45) is 0 Å². The van der Waals surface area contributed by atoms with Gasteiger partial charge in [-0.1, -0.05) is 6.92 Å². The molecular weight excluding hydrogens is 330 g/mol. The lowest BCUT2D eigenvalue weighted by atomic mass is 10.3. The van der Waals surface area contributed by atoms with Crippen LogP contribution in [0.5, 0.6) is 0 Å². The molecule has 0 atom stereocenters. The van der Waals surface area contributed by atoms with Gasteiger partial charge in [-0.15, -0.1) is 22.7 Å². The highest BCUT2D eigenvalue weighted by Gasteiger charge is 2.15. The Morgan fingerprint density at radius 1 is 1.26 bits per heavy atom. The second kappa shape index (κ2) is 6.93. The van der Waals surface area contributed by atoms with Gasteiger partial charge in [-0.2, -0.15) is 0 Å². The van der Waals surface area contributed by atoms with Gasteiger partial charge in [0.1, 0.15) is 4.88 Å². The predicted octanol–water partition coefficient (Wildman–Crippen LogP) is 2.86. The van der Waals surface area contributed by atoms with E-state index in [0.29, 0.717) is 17.2 Å². The largest absolute Gasteiger partial charge is 0.346 e. The van der Waals surface area contributed by atoms with Crippen molar-refractivity contribution in [3.8, 4) is 10.8 Å². The molecule has 0 aromatic carbocycles. The molecule has 0 saturated heterocycles. The molecule has 0 spiro atoms. The van der Waals surface area contributed by atoms with Crippen molar-refractivity contribution in [1.29, 1.82) is 0 Å². The summed E-state index contributed by atoms with van der Waals surface area (Å²) >= 11 is 2.91. The third-order valence-corrected chi connectivity index (χ3v) is 5.28. The van der Waals surface area contributed by atoms with Crippen LogP contribution in [0.3, 0.4) is 0 Å². The second-order valence-corrected chi connectivity index (χ2v) is 6.72. The van der Waals surface area contributed by atoms with Crippen molar-refractivity contribution in [3.05, 3.63) is 45.1 Å². The molecule has 8 heteroatoms. The van der Waals surface area contributed by atoms with Crippen LogP contribution in [0, 0.1) is 6.92 Å². The number of nitrogens with one attached hydrogen (secondary N) is 1. The van der Waals surface area contributed by atoms with Gasteiger partial charge in [0.15, 0.2) is 10.8 Å². The molecule has 1 N–H and O–H groups in total. The molecule has 0 saturated carbocycles. The van der Waals surface area contributed by atoms with E-state index in [0.717, 1.165) is 27.8 Å². The molecule has 3 aromatic rings. The molecule has 0 radical (unpaired) electrons. The van der Waals surface area contributed by atoms with Crippen molar-refractivity contribution < 1.29 is 4.79 Å². The molecule has 1 amide bonds. The molecule has 3 rings (SSSR count). The fourth-order valence-corrected chi connectivity index (χ4v) is 3.65. The van der Waals surface area contributed by atoms with Crippen LogP contribution < -0.4 is 5.32 Å². The summed E-state index contributed by atoms with van der Waals surface area (Å²) < 4.78 is 0. The summed E-state index contributed by atoms with van der Waals surface area (Å²) in [6.07, 6.45) is 4.21. The zero-order valence-corrected chi connectivity index (χ0v) is 14.4. The topological polar surface area (TPSA) is 80.7 Å². The number of hydrogen-bond donors (Lipinski definition) is 1. The lowest BCUT2D eigenvalue weighted by Gasteiger charge is -2.01. The highest BCUT2D eigenvalue weighted by Crippen LogP contribution is 2.20. The van der Waals surface area contributed by atoms with Crippen molar-refractivity contribution in [3.63, 3.8) is 0 Å². The van der Waals surface area contributed by atoms with Crippen LogP contribution in [0.15, 0.2) is 23.8 Å². The molecule has 0 aliphatic carbocycles. The molecule has 23 heavy (non-hydrogen) atoms. The molecule has 6 nitrogen and oxygen atoms in total. The maximum absolute atomic E-state index is 12.3. The van der Waals surface area contributed by atoms with E-state index < -0.39 is 0 Å². The highest BCUT2D eigenvalue weighted by atomic mass is 32.1. The number of hydrogen-bond acceptors (Lipinski definition) is 7. The van der Waals surface area contributed by atoms with Crippen molar-refractivity contribution in [2.75, 3.05) is 0 Å². The average molecular weight is 345 g/mol. The number of rotatable bonds is 5. The molecule has 3 aromatic heterocycles. The van der Waals surface area contributed by atoms with Gasteiger partial charge in [-0.3, -0.25) is 4.79 Å². The van der Waals surface area contributed by atoms with Gasteiger partial charge in [0.05, 0.1) is 22.9 Å². The fourth-order valence-electron chi connectivity index (χ4n) is 1.97. The molecule has 0 bridgehead atoms. The summed E-state index contributed by atoms with van der Waals surface area (Å²) in [6, 6.07) is 1.76. The lowest BCUT2D eigenvalue weighted by Crippen LogP contribution is -2.22. The van der Waals surface area contributed by atoms with Crippen molar-refractivity contribution in [2.45, 2.75) is 26.8 Å². The van der Waals surface area contributed by atoms with Crippen LogP contribution in [-0.4, -0.2) is 25.8 Å². The normalized spacial score (nSPS) is 10.7. The monoisotopic (exact) mass is 345 g/mol. The van der Waals surface area contributed by atoms with Gasteiger partial charge in [-0.25, -0.2) is 19.9 Å². The Morgan fingerprint density at radius 2 is 2.04 bits per heavy atom. The second-order valence-electron chi connectivity index (χ2n) is 4.77. The van der Waals surface area contributed by atoms with E-state index in [9.17, 15) is 4.79 Å². The Labute approximate surface area is 141 Å². The summed E-state index contributed by atoms with van der Waals surface area (Å²) in [6.45, 7) is 4.27. The van der Waals surface area contributed by atoms with E-state index in [-0.39, 0.29) is 5.91 Å². The third kappa shape index (κ3) is 3.59. The first-order valence-corrected chi connectivity index (χ1v) is 8.83. The summed E-state index contributed by atoms with van der Waals surface area (Å²) in [7, 11) is 0. The summed E-state index contributed by atoms with van der Waals surface area (Å²) in [5.41, 5.74) is 1.57. The minimum absolute atomic E-state index is 0.106. The van der Waals surface area contributed by atoms with Crippen LogP contribution in [0.1, 0.15) is 33.0 Å². The standard InChI is InChI=1S/C15H15N5OS2/c1-3-11-19-9(2)12(23-11)14(21)18-7-10-8-22-15(20-10)13-16-5-4-6-17-13/h4-6,8H,3,7H2,1-2H3,(H,18,21). The van der Waals surface area contributed by atoms with E-state index >= 15 is 0 Å². The molecule has 0 fully saturated rings. The Bertz CT molecular complexity index is 812. The lowest BCUT2D eigenvalue weighted by molar-refractivity contribution is 0.0953. The Hall–Kier alpha value is -2.19. The van der Waals surface area contributed by atoms with Gasteiger partial charge >= 0.3 is 0 Å². The Balaban J connectivity index is 1.65. The van der Waals surface area contributed by atoms with Gasteiger partial charge in [0.2, 0.25) is 0 Å². The van der Waals surface area contributed by atoms with Crippen LogP contribution >= 0.6 is 22.7 Å². The van der Waals surface area contributed by atoms with Gasteiger partial charge < -0.3 is 5.32 Å². The van der Waals surface area contributed by atoms with Crippen LogP contribution in [0.4, 0.5) is 0 Å². The fraction of sp³-hybridized carbons (Fsp3) is 0.267. The van der Waals surface area contributed by atoms with E-state index in [1.165, 1.54) is 22.7 Å². The Morgan fingerprint density at radius 3 is 2.74 bits per heavy atom. The first-order valence-electron chi connectivity index (χ1n) is 7.13. The number of thiazole rings is 2.